The van der Waals surface area contributed by atoms with Crippen LogP contribution in [0.3, 0.4) is 0 Å². The minimum absolute atomic E-state index is 0.0228. The van der Waals surface area contributed by atoms with Gasteiger partial charge in [0.05, 0.1) is 44.2 Å². The largest absolute Gasteiger partial charge is 0.493 e. The van der Waals surface area contributed by atoms with Crippen molar-refractivity contribution in [2.75, 3.05) is 26.2 Å². The molecule has 2 aromatic carbocycles. The van der Waals surface area contributed by atoms with Crippen molar-refractivity contribution >= 4 is 17.9 Å². The molecule has 1 fully saturated rings. The van der Waals surface area contributed by atoms with E-state index in [9.17, 15) is 35.9 Å². The number of rotatable bonds is 6. The molecule has 1 heterocycles. The summed E-state index contributed by atoms with van der Waals surface area (Å²) in [6.45, 7) is 1.04. The van der Waals surface area contributed by atoms with Crippen molar-refractivity contribution in [2.24, 2.45) is 0 Å². The predicted octanol–water partition coefficient (Wildman–Crippen LogP) is 7.73. The Balaban J connectivity index is 1.82. The molecule has 0 aromatic heterocycles. The minimum atomic E-state index is -5.07. The standard InChI is InChI=1S/C29H32F6N2O6/c1-16-9-22(36(26(38)42-4)15-17-10-18(28(30,31)32)12-19(11-17)29(33,34)35)21-13-24(40-2)25(41-3)14-23(21)37(16)27(39)43-20-7-5-6-8-20/h10-14,16,20,22H,5-9,15H2,1-4H3/t16-,22+/m1/s1. The van der Waals surface area contributed by atoms with Crippen LogP contribution in [-0.2, 0) is 28.4 Å². The van der Waals surface area contributed by atoms with Crippen LogP contribution >= 0.6 is 0 Å². The van der Waals surface area contributed by atoms with Gasteiger partial charge in [-0.25, -0.2) is 9.59 Å². The Morgan fingerprint density at radius 3 is 1.95 bits per heavy atom. The van der Waals surface area contributed by atoms with Gasteiger partial charge in [0, 0.05) is 24.2 Å². The lowest BCUT2D eigenvalue weighted by Crippen LogP contribution is -2.48. The molecule has 0 N–H and O–H groups in total. The maximum atomic E-state index is 13.6. The SMILES string of the molecule is COC(=O)N(Cc1cc(C(F)(F)F)cc(C(F)(F)F)c1)[C@H]1C[C@@H](C)N(C(=O)OC2CCCC2)c2cc(OC)c(OC)cc21. The Bertz CT molecular complexity index is 1310. The molecule has 2 aromatic rings. The summed E-state index contributed by atoms with van der Waals surface area (Å²) < 4.78 is 103. The number of anilines is 1. The van der Waals surface area contributed by atoms with Gasteiger partial charge >= 0.3 is 24.5 Å². The van der Waals surface area contributed by atoms with Crippen molar-refractivity contribution in [1.29, 1.82) is 0 Å². The molecule has 14 heteroatoms. The van der Waals surface area contributed by atoms with E-state index in [0.717, 1.165) is 37.7 Å². The van der Waals surface area contributed by atoms with Crippen LogP contribution < -0.4 is 14.4 Å². The fraction of sp³-hybridized carbons (Fsp3) is 0.517. The summed E-state index contributed by atoms with van der Waals surface area (Å²) in [5.41, 5.74) is -2.80. The topological polar surface area (TPSA) is 77.5 Å². The van der Waals surface area contributed by atoms with E-state index in [1.54, 1.807) is 6.92 Å². The molecule has 2 atom stereocenters. The quantitative estimate of drug-likeness (QED) is 0.309. The minimum Gasteiger partial charge on any atom is -0.493 e. The number of methoxy groups -OCH3 is 3. The van der Waals surface area contributed by atoms with E-state index in [0.29, 0.717) is 23.4 Å². The van der Waals surface area contributed by atoms with E-state index < -0.39 is 59.9 Å². The number of carbonyl (C=O) groups excluding carboxylic acids is 2. The van der Waals surface area contributed by atoms with E-state index in [4.69, 9.17) is 18.9 Å². The van der Waals surface area contributed by atoms with Crippen molar-refractivity contribution in [3.8, 4) is 11.5 Å². The molecule has 2 amide bonds. The number of carbonyl (C=O) groups is 2. The molecule has 1 aliphatic carbocycles. The highest BCUT2D eigenvalue weighted by molar-refractivity contribution is 5.91. The number of hydrogen-bond acceptors (Lipinski definition) is 6. The Kier molecular flexibility index (Phi) is 9.26. The maximum Gasteiger partial charge on any atom is 0.416 e. The molecule has 0 spiro atoms. The third-order valence-electron chi connectivity index (χ3n) is 7.71. The predicted molar refractivity (Wildman–Crippen MR) is 142 cm³/mol. The van der Waals surface area contributed by atoms with Crippen LogP contribution in [0.15, 0.2) is 30.3 Å². The van der Waals surface area contributed by atoms with Crippen LogP contribution in [0, 0.1) is 0 Å². The summed E-state index contributed by atoms with van der Waals surface area (Å²) in [4.78, 5) is 29.0. The number of ether oxygens (including phenoxy) is 4. The molecule has 0 unspecified atom stereocenters. The summed E-state index contributed by atoms with van der Waals surface area (Å²) >= 11 is 0. The zero-order chi connectivity index (χ0) is 31.7. The lowest BCUT2D eigenvalue weighted by Gasteiger charge is -2.43. The van der Waals surface area contributed by atoms with E-state index in [-0.39, 0.29) is 30.1 Å². The molecule has 8 nitrogen and oxygen atoms in total. The van der Waals surface area contributed by atoms with E-state index in [1.165, 1.54) is 31.3 Å². The Hall–Kier alpha value is -3.84. The van der Waals surface area contributed by atoms with Crippen LogP contribution in [0.2, 0.25) is 0 Å². The van der Waals surface area contributed by atoms with Crippen molar-refractivity contribution in [1.82, 2.24) is 4.90 Å². The zero-order valence-corrected chi connectivity index (χ0v) is 24.0. The number of amides is 2. The Labute approximate surface area is 244 Å². The fourth-order valence-corrected chi connectivity index (χ4v) is 5.66. The Morgan fingerprint density at radius 1 is 0.884 bits per heavy atom. The Morgan fingerprint density at radius 2 is 1.44 bits per heavy atom. The normalized spacial score (nSPS) is 19.1. The van der Waals surface area contributed by atoms with Crippen molar-refractivity contribution in [3.05, 3.63) is 52.6 Å². The second kappa shape index (κ2) is 12.4. The molecular formula is C29H32F6N2O6. The molecule has 0 saturated heterocycles. The van der Waals surface area contributed by atoms with Gasteiger partial charge in [-0.15, -0.1) is 0 Å². The average Bonchev–Trinajstić information content (AvgIpc) is 3.46. The van der Waals surface area contributed by atoms with E-state index in [2.05, 4.69) is 0 Å². The van der Waals surface area contributed by atoms with Crippen LogP contribution in [0.1, 0.15) is 67.3 Å². The second-order valence-corrected chi connectivity index (χ2v) is 10.5. The second-order valence-electron chi connectivity index (χ2n) is 10.5. The van der Waals surface area contributed by atoms with Crippen LogP contribution in [0.25, 0.3) is 0 Å². The number of halogens is 6. The molecule has 2 aliphatic rings. The summed E-state index contributed by atoms with van der Waals surface area (Å²) in [6, 6.07) is 2.64. The van der Waals surface area contributed by atoms with Gasteiger partial charge in [0.15, 0.2) is 11.5 Å². The third kappa shape index (κ3) is 6.88. The lowest BCUT2D eigenvalue weighted by atomic mass is 9.90. The van der Waals surface area contributed by atoms with Crippen LogP contribution in [0.5, 0.6) is 11.5 Å². The summed E-state index contributed by atoms with van der Waals surface area (Å²) in [7, 11) is 3.81. The van der Waals surface area contributed by atoms with Crippen molar-refractivity contribution in [3.63, 3.8) is 0 Å². The zero-order valence-electron chi connectivity index (χ0n) is 24.0. The molecule has 0 bridgehead atoms. The smallest absolute Gasteiger partial charge is 0.416 e. The van der Waals surface area contributed by atoms with Gasteiger partial charge < -0.3 is 18.9 Å². The van der Waals surface area contributed by atoms with Crippen LogP contribution in [0.4, 0.5) is 41.6 Å². The van der Waals surface area contributed by atoms with Crippen molar-refractivity contribution in [2.45, 2.75) is 76.1 Å². The highest BCUT2D eigenvalue weighted by atomic mass is 19.4. The first-order valence-electron chi connectivity index (χ1n) is 13.6. The van der Waals surface area contributed by atoms with Gasteiger partial charge in [-0.2, -0.15) is 26.3 Å². The molecular weight excluding hydrogens is 586 g/mol. The third-order valence-corrected chi connectivity index (χ3v) is 7.71. The molecule has 0 radical (unpaired) electrons. The number of alkyl halides is 6. The number of fused-ring (bicyclic) bond motifs is 1. The van der Waals surface area contributed by atoms with Crippen molar-refractivity contribution < 1.29 is 54.9 Å². The molecule has 1 saturated carbocycles. The van der Waals surface area contributed by atoms with Crippen LogP contribution in [-0.4, -0.2) is 50.6 Å². The highest BCUT2D eigenvalue weighted by Crippen LogP contribution is 2.47. The first-order chi connectivity index (χ1) is 20.2. The monoisotopic (exact) mass is 618 g/mol. The number of nitrogens with zero attached hydrogens (tertiary/aromatic N) is 2. The lowest BCUT2D eigenvalue weighted by molar-refractivity contribution is -0.143. The highest BCUT2D eigenvalue weighted by Gasteiger charge is 2.42. The molecule has 1 aliphatic heterocycles. The van der Waals surface area contributed by atoms with E-state index >= 15 is 0 Å². The van der Waals surface area contributed by atoms with Gasteiger partial charge in [-0.1, -0.05) is 0 Å². The van der Waals surface area contributed by atoms with Gasteiger partial charge in [0.2, 0.25) is 0 Å². The summed E-state index contributed by atoms with van der Waals surface area (Å²) in [6.07, 6.45) is -8.64. The molecule has 4 rings (SSSR count). The van der Waals surface area contributed by atoms with Gasteiger partial charge in [0.1, 0.15) is 6.10 Å². The van der Waals surface area contributed by atoms with Gasteiger partial charge in [0.25, 0.3) is 0 Å². The first kappa shape index (κ1) is 32.1. The average molecular weight is 619 g/mol. The summed E-state index contributed by atoms with van der Waals surface area (Å²) in [5, 5.41) is 0. The van der Waals surface area contributed by atoms with E-state index in [1.807, 2.05) is 0 Å². The summed E-state index contributed by atoms with van der Waals surface area (Å²) in [5.74, 6) is 0.484. The first-order valence-corrected chi connectivity index (χ1v) is 13.6. The maximum absolute atomic E-state index is 13.6. The number of benzene rings is 2. The molecule has 43 heavy (non-hydrogen) atoms. The number of hydrogen-bond donors (Lipinski definition) is 0. The van der Waals surface area contributed by atoms with Gasteiger partial charge in [-0.3, -0.25) is 9.80 Å². The molecule has 236 valence electrons. The van der Waals surface area contributed by atoms with Gasteiger partial charge in [-0.05, 0) is 68.9 Å². The fourth-order valence-electron chi connectivity index (χ4n) is 5.66.